The maximum Gasteiger partial charge on any atom is 0.115 e. The minimum Gasteiger partial charge on any atom is -0.508 e. The number of hydrogen-bond donors (Lipinski definition) is 2. The zero-order valence-corrected chi connectivity index (χ0v) is 11.7. The molecule has 20 heavy (non-hydrogen) atoms. The molecule has 2 aromatic rings. The molecule has 0 fully saturated rings. The lowest BCUT2D eigenvalue weighted by Crippen LogP contribution is -2.33. The maximum absolute atomic E-state index is 9.62. The molecule has 3 rings (SSSR count). The lowest BCUT2D eigenvalue weighted by Gasteiger charge is -2.34. The smallest absolute Gasteiger partial charge is 0.115 e. The van der Waals surface area contributed by atoms with Gasteiger partial charge in [-0.25, -0.2) is 0 Å². The lowest BCUT2D eigenvalue weighted by molar-refractivity contribution is 0.192. The summed E-state index contributed by atoms with van der Waals surface area (Å²) < 4.78 is 0. The number of nitrogens with two attached hydrogens (primary N) is 1. The second kappa shape index (κ2) is 5.17. The van der Waals surface area contributed by atoms with Gasteiger partial charge in [0.2, 0.25) is 0 Å². The number of benzene rings is 2. The van der Waals surface area contributed by atoms with E-state index in [1.54, 1.807) is 6.07 Å². The van der Waals surface area contributed by atoms with Crippen LogP contribution < -0.4 is 5.73 Å². The fourth-order valence-corrected chi connectivity index (χ4v) is 2.99. The van der Waals surface area contributed by atoms with Crippen molar-refractivity contribution in [1.82, 2.24) is 4.90 Å². The maximum atomic E-state index is 9.62. The predicted octanol–water partition coefficient (Wildman–Crippen LogP) is 3.09. The Labute approximate surface area is 119 Å². The van der Waals surface area contributed by atoms with E-state index in [2.05, 4.69) is 24.0 Å². The molecule has 0 amide bonds. The highest BCUT2D eigenvalue weighted by Crippen LogP contribution is 2.30. The molecule has 1 atom stereocenters. The van der Waals surface area contributed by atoms with E-state index in [0.29, 0.717) is 5.75 Å². The van der Waals surface area contributed by atoms with Gasteiger partial charge in [0.25, 0.3) is 0 Å². The van der Waals surface area contributed by atoms with Crippen LogP contribution in [0.3, 0.4) is 0 Å². The molecule has 0 bridgehead atoms. The van der Waals surface area contributed by atoms with E-state index < -0.39 is 0 Å². The van der Waals surface area contributed by atoms with E-state index in [4.69, 9.17) is 5.73 Å². The first-order chi connectivity index (χ1) is 9.65. The van der Waals surface area contributed by atoms with Gasteiger partial charge in [-0.05, 0) is 48.2 Å². The van der Waals surface area contributed by atoms with Crippen LogP contribution in [0, 0.1) is 0 Å². The fourth-order valence-electron chi connectivity index (χ4n) is 2.99. The van der Waals surface area contributed by atoms with Gasteiger partial charge in [0, 0.05) is 24.8 Å². The summed E-state index contributed by atoms with van der Waals surface area (Å²) in [5, 5.41) is 9.62. The minimum atomic E-state index is 0.289. The first-order valence-electron chi connectivity index (χ1n) is 7.04. The van der Waals surface area contributed by atoms with Gasteiger partial charge < -0.3 is 10.8 Å². The summed E-state index contributed by atoms with van der Waals surface area (Å²) in [5.41, 5.74) is 10.7. The van der Waals surface area contributed by atoms with Gasteiger partial charge in [0.1, 0.15) is 5.75 Å². The van der Waals surface area contributed by atoms with E-state index in [0.717, 1.165) is 30.8 Å². The average Bonchev–Trinajstić information content (AvgIpc) is 2.46. The van der Waals surface area contributed by atoms with Gasteiger partial charge in [-0.1, -0.05) is 24.3 Å². The van der Waals surface area contributed by atoms with Crippen molar-refractivity contribution in [2.24, 2.45) is 0 Å². The first kappa shape index (κ1) is 13.0. The highest BCUT2D eigenvalue weighted by Gasteiger charge is 2.22. The fraction of sp³-hybridized carbons (Fsp3) is 0.294. The molecule has 0 saturated carbocycles. The number of nitrogens with zero attached hydrogens (tertiary/aromatic N) is 1. The second-order valence-corrected chi connectivity index (χ2v) is 5.48. The Morgan fingerprint density at radius 2 is 2.00 bits per heavy atom. The Balaban J connectivity index is 1.83. The molecule has 1 aliphatic heterocycles. The van der Waals surface area contributed by atoms with Crippen LogP contribution in [0.5, 0.6) is 5.75 Å². The van der Waals surface area contributed by atoms with E-state index >= 15 is 0 Å². The first-order valence-corrected chi connectivity index (χ1v) is 7.04. The Hall–Kier alpha value is -2.00. The van der Waals surface area contributed by atoms with Crippen LogP contribution in [0.25, 0.3) is 0 Å². The third kappa shape index (κ3) is 2.37. The molecule has 0 saturated heterocycles. The van der Waals surface area contributed by atoms with Gasteiger partial charge in [-0.3, -0.25) is 4.90 Å². The molecule has 0 aliphatic carbocycles. The molecule has 3 N–H and O–H groups in total. The topological polar surface area (TPSA) is 49.5 Å². The summed E-state index contributed by atoms with van der Waals surface area (Å²) in [6.07, 6.45) is 0.991. The summed E-state index contributed by atoms with van der Waals surface area (Å²) in [4.78, 5) is 2.43. The van der Waals surface area contributed by atoms with Gasteiger partial charge in [-0.2, -0.15) is 0 Å². The van der Waals surface area contributed by atoms with Crippen molar-refractivity contribution in [3.8, 4) is 5.75 Å². The van der Waals surface area contributed by atoms with Gasteiger partial charge >= 0.3 is 0 Å². The number of hydrogen-bond acceptors (Lipinski definition) is 3. The minimum absolute atomic E-state index is 0.289. The molecule has 0 radical (unpaired) electrons. The lowest BCUT2D eigenvalue weighted by atomic mass is 9.95. The summed E-state index contributed by atoms with van der Waals surface area (Å²) in [6, 6.07) is 14.0. The predicted molar refractivity (Wildman–Crippen MR) is 81.5 cm³/mol. The molecule has 1 heterocycles. The molecular weight excluding hydrogens is 248 g/mol. The molecule has 3 heteroatoms. The molecule has 0 aromatic heterocycles. The largest absolute Gasteiger partial charge is 0.508 e. The van der Waals surface area contributed by atoms with Crippen LogP contribution in [0.4, 0.5) is 5.69 Å². The van der Waals surface area contributed by atoms with Crippen molar-refractivity contribution in [2.45, 2.75) is 25.9 Å². The number of aromatic hydroxyl groups is 1. The summed E-state index contributed by atoms with van der Waals surface area (Å²) in [6.45, 7) is 4.10. The quantitative estimate of drug-likeness (QED) is 0.823. The molecule has 1 unspecified atom stereocenters. The van der Waals surface area contributed by atoms with Crippen LogP contribution in [-0.4, -0.2) is 16.6 Å². The number of anilines is 1. The molecule has 104 valence electrons. The summed E-state index contributed by atoms with van der Waals surface area (Å²) >= 11 is 0. The highest BCUT2D eigenvalue weighted by atomic mass is 16.3. The highest BCUT2D eigenvalue weighted by molar-refractivity contribution is 5.52. The number of phenolic OH excluding ortho intramolecular Hbond substituents is 1. The second-order valence-electron chi connectivity index (χ2n) is 5.48. The van der Waals surface area contributed by atoms with E-state index in [9.17, 15) is 5.11 Å². The molecular formula is C17H20N2O. The van der Waals surface area contributed by atoms with Crippen LogP contribution in [-0.2, 0) is 13.0 Å². The summed E-state index contributed by atoms with van der Waals surface area (Å²) in [5.74, 6) is 0.330. The van der Waals surface area contributed by atoms with Crippen molar-refractivity contribution in [3.05, 3.63) is 59.2 Å². The Morgan fingerprint density at radius 3 is 2.80 bits per heavy atom. The third-order valence-corrected chi connectivity index (χ3v) is 4.23. The zero-order chi connectivity index (χ0) is 14.1. The van der Waals surface area contributed by atoms with Gasteiger partial charge in [0.05, 0.1) is 0 Å². The average molecular weight is 268 g/mol. The molecule has 0 spiro atoms. The Bertz CT molecular complexity index is 624. The monoisotopic (exact) mass is 268 g/mol. The standard InChI is InChI=1S/C17H20N2O/c1-12(13-4-2-6-15(20)10-13)19-9-8-16-14(11-19)5-3-7-17(16)18/h2-7,10,12,20H,8-9,11,18H2,1H3. The van der Waals surface area contributed by atoms with Gasteiger partial charge in [-0.15, -0.1) is 0 Å². The van der Waals surface area contributed by atoms with Crippen molar-refractivity contribution >= 4 is 5.69 Å². The zero-order valence-electron chi connectivity index (χ0n) is 11.7. The molecule has 3 nitrogen and oxygen atoms in total. The van der Waals surface area contributed by atoms with Crippen molar-refractivity contribution in [3.63, 3.8) is 0 Å². The van der Waals surface area contributed by atoms with Crippen LogP contribution in [0.1, 0.15) is 29.7 Å². The van der Waals surface area contributed by atoms with Crippen LogP contribution >= 0.6 is 0 Å². The third-order valence-electron chi connectivity index (χ3n) is 4.23. The SMILES string of the molecule is CC(c1cccc(O)c1)N1CCc2c(N)cccc2C1. The van der Waals surface area contributed by atoms with Crippen molar-refractivity contribution < 1.29 is 5.11 Å². The van der Waals surface area contributed by atoms with E-state index in [-0.39, 0.29) is 6.04 Å². The number of rotatable bonds is 2. The van der Waals surface area contributed by atoms with Crippen molar-refractivity contribution in [1.29, 1.82) is 0 Å². The Morgan fingerprint density at radius 1 is 1.20 bits per heavy atom. The molecule has 1 aliphatic rings. The normalized spacial score (nSPS) is 16.6. The number of phenols is 1. The molecule has 2 aromatic carbocycles. The van der Waals surface area contributed by atoms with Gasteiger partial charge in [0.15, 0.2) is 0 Å². The van der Waals surface area contributed by atoms with Crippen LogP contribution in [0.15, 0.2) is 42.5 Å². The van der Waals surface area contributed by atoms with Crippen molar-refractivity contribution in [2.75, 3.05) is 12.3 Å². The Kier molecular flexibility index (Phi) is 3.36. The number of fused-ring (bicyclic) bond motifs is 1. The van der Waals surface area contributed by atoms with Crippen LogP contribution in [0.2, 0.25) is 0 Å². The van der Waals surface area contributed by atoms with E-state index in [1.165, 1.54) is 11.1 Å². The number of nitrogen functional groups attached to an aromatic ring is 1. The van der Waals surface area contributed by atoms with E-state index in [1.807, 2.05) is 24.3 Å². The summed E-state index contributed by atoms with van der Waals surface area (Å²) in [7, 11) is 0.